The number of aromatic nitrogens is 2. The van der Waals surface area contributed by atoms with Crippen molar-refractivity contribution in [3.63, 3.8) is 0 Å². The molecule has 4 heteroatoms. The zero-order chi connectivity index (χ0) is 13.6. The second-order valence-electron chi connectivity index (χ2n) is 4.87. The minimum Gasteiger partial charge on any atom is -0.374 e. The van der Waals surface area contributed by atoms with Crippen LogP contribution in [0.5, 0.6) is 0 Å². The van der Waals surface area contributed by atoms with E-state index in [1.165, 1.54) is 0 Å². The standard InChI is InChI=1S/C14H27N3O/c1-6-14(4,18-8-3)12(15-7-2)11-13-16-9-10-17(13)5/h9-10,12,15H,6-8,11H2,1-5H3. The zero-order valence-corrected chi connectivity index (χ0v) is 12.4. The van der Waals surface area contributed by atoms with E-state index in [0.717, 1.165) is 31.8 Å². The Bertz CT molecular complexity index is 351. The lowest BCUT2D eigenvalue weighted by atomic mass is 9.90. The molecule has 4 nitrogen and oxygen atoms in total. The summed E-state index contributed by atoms with van der Waals surface area (Å²) in [7, 11) is 2.04. The molecule has 0 bridgehead atoms. The predicted octanol–water partition coefficient (Wildman–Crippen LogP) is 2.15. The molecular formula is C14H27N3O. The maximum absolute atomic E-state index is 5.98. The van der Waals surface area contributed by atoms with Gasteiger partial charge in [0, 0.05) is 38.5 Å². The Morgan fingerprint density at radius 2 is 2.17 bits per heavy atom. The van der Waals surface area contributed by atoms with E-state index in [1.54, 1.807) is 0 Å². The Hall–Kier alpha value is -0.870. The maximum Gasteiger partial charge on any atom is 0.110 e. The van der Waals surface area contributed by atoms with Crippen molar-refractivity contribution in [3.8, 4) is 0 Å². The van der Waals surface area contributed by atoms with Crippen molar-refractivity contribution in [3.05, 3.63) is 18.2 Å². The number of hydrogen-bond donors (Lipinski definition) is 1. The van der Waals surface area contributed by atoms with Gasteiger partial charge in [-0.1, -0.05) is 13.8 Å². The van der Waals surface area contributed by atoms with Gasteiger partial charge in [0.25, 0.3) is 0 Å². The highest BCUT2D eigenvalue weighted by Crippen LogP contribution is 2.22. The van der Waals surface area contributed by atoms with E-state index in [9.17, 15) is 0 Å². The largest absolute Gasteiger partial charge is 0.374 e. The van der Waals surface area contributed by atoms with E-state index in [-0.39, 0.29) is 11.6 Å². The van der Waals surface area contributed by atoms with Gasteiger partial charge in [0.05, 0.1) is 5.60 Å². The number of nitrogens with zero attached hydrogens (tertiary/aromatic N) is 2. The lowest BCUT2D eigenvalue weighted by Crippen LogP contribution is -2.52. The van der Waals surface area contributed by atoms with Gasteiger partial charge < -0.3 is 14.6 Å². The molecule has 1 aromatic rings. The smallest absolute Gasteiger partial charge is 0.110 e. The summed E-state index contributed by atoms with van der Waals surface area (Å²) in [6, 6.07) is 0.286. The minimum absolute atomic E-state index is 0.142. The summed E-state index contributed by atoms with van der Waals surface area (Å²) in [5, 5.41) is 3.55. The Balaban J connectivity index is 2.84. The molecule has 2 unspecified atom stereocenters. The van der Waals surface area contributed by atoms with Crippen LogP contribution in [-0.4, -0.2) is 34.3 Å². The van der Waals surface area contributed by atoms with E-state index < -0.39 is 0 Å². The molecule has 0 aliphatic rings. The van der Waals surface area contributed by atoms with Gasteiger partial charge in [-0.3, -0.25) is 0 Å². The average molecular weight is 253 g/mol. The molecule has 0 radical (unpaired) electrons. The van der Waals surface area contributed by atoms with Crippen molar-refractivity contribution < 1.29 is 4.74 Å². The van der Waals surface area contributed by atoms with Gasteiger partial charge in [-0.2, -0.15) is 0 Å². The SMILES string of the molecule is CCNC(Cc1nccn1C)C(C)(CC)OCC. The molecule has 0 saturated heterocycles. The molecule has 1 N–H and O–H groups in total. The van der Waals surface area contributed by atoms with Gasteiger partial charge in [0.1, 0.15) is 5.82 Å². The first kappa shape index (κ1) is 15.2. The van der Waals surface area contributed by atoms with Gasteiger partial charge >= 0.3 is 0 Å². The molecule has 2 atom stereocenters. The molecule has 1 aromatic heterocycles. The van der Waals surface area contributed by atoms with Crippen molar-refractivity contribution in [1.29, 1.82) is 0 Å². The molecular weight excluding hydrogens is 226 g/mol. The number of likely N-dealkylation sites (N-methyl/N-ethyl adjacent to an activating group) is 1. The second kappa shape index (κ2) is 6.90. The first-order valence-electron chi connectivity index (χ1n) is 6.90. The Morgan fingerprint density at radius 1 is 1.44 bits per heavy atom. The first-order valence-corrected chi connectivity index (χ1v) is 6.90. The summed E-state index contributed by atoms with van der Waals surface area (Å²) in [4.78, 5) is 4.41. The third-order valence-corrected chi connectivity index (χ3v) is 3.67. The monoisotopic (exact) mass is 253 g/mol. The average Bonchev–Trinajstić information content (AvgIpc) is 2.75. The normalized spacial score (nSPS) is 16.5. The van der Waals surface area contributed by atoms with E-state index in [2.05, 4.69) is 42.6 Å². The molecule has 0 fully saturated rings. The molecule has 0 spiro atoms. The number of rotatable bonds is 8. The summed E-state index contributed by atoms with van der Waals surface area (Å²) in [5.74, 6) is 1.10. The quantitative estimate of drug-likeness (QED) is 0.771. The van der Waals surface area contributed by atoms with Crippen LogP contribution in [0.15, 0.2) is 12.4 Å². The molecule has 18 heavy (non-hydrogen) atoms. The van der Waals surface area contributed by atoms with Gasteiger partial charge in [-0.15, -0.1) is 0 Å². The van der Waals surface area contributed by atoms with E-state index in [4.69, 9.17) is 4.74 Å². The number of imidazole rings is 1. The van der Waals surface area contributed by atoms with Gasteiger partial charge in [0.15, 0.2) is 0 Å². The summed E-state index contributed by atoms with van der Waals surface area (Å²) < 4.78 is 8.06. The fourth-order valence-electron chi connectivity index (χ4n) is 2.30. The van der Waals surface area contributed by atoms with E-state index in [0.29, 0.717) is 0 Å². The highest BCUT2D eigenvalue weighted by molar-refractivity contribution is 5.00. The van der Waals surface area contributed by atoms with Crippen LogP contribution < -0.4 is 5.32 Å². The van der Waals surface area contributed by atoms with Crippen molar-refractivity contribution in [2.45, 2.75) is 52.2 Å². The predicted molar refractivity (Wildman–Crippen MR) is 74.7 cm³/mol. The molecule has 0 aliphatic carbocycles. The minimum atomic E-state index is -0.142. The fourth-order valence-corrected chi connectivity index (χ4v) is 2.30. The third kappa shape index (κ3) is 3.56. The Morgan fingerprint density at radius 3 is 2.61 bits per heavy atom. The summed E-state index contributed by atoms with van der Waals surface area (Å²) >= 11 is 0. The zero-order valence-electron chi connectivity index (χ0n) is 12.4. The van der Waals surface area contributed by atoms with Gasteiger partial charge in [0.2, 0.25) is 0 Å². The van der Waals surface area contributed by atoms with E-state index in [1.807, 2.05) is 19.4 Å². The number of aryl methyl sites for hydroxylation is 1. The van der Waals surface area contributed by atoms with Crippen LogP contribution in [0.2, 0.25) is 0 Å². The molecule has 0 amide bonds. The van der Waals surface area contributed by atoms with Gasteiger partial charge in [-0.25, -0.2) is 4.98 Å². The lowest BCUT2D eigenvalue weighted by Gasteiger charge is -2.37. The number of hydrogen-bond acceptors (Lipinski definition) is 3. The van der Waals surface area contributed by atoms with Crippen LogP contribution in [-0.2, 0) is 18.2 Å². The molecule has 0 saturated carbocycles. The highest BCUT2D eigenvalue weighted by Gasteiger charge is 2.33. The molecule has 104 valence electrons. The second-order valence-corrected chi connectivity index (χ2v) is 4.87. The fraction of sp³-hybridized carbons (Fsp3) is 0.786. The molecule has 1 rings (SSSR count). The van der Waals surface area contributed by atoms with Crippen LogP contribution in [0.1, 0.15) is 39.9 Å². The lowest BCUT2D eigenvalue weighted by molar-refractivity contribution is -0.0552. The summed E-state index contributed by atoms with van der Waals surface area (Å²) in [6.07, 6.45) is 5.72. The Labute approximate surface area is 111 Å². The van der Waals surface area contributed by atoms with Crippen molar-refractivity contribution in [1.82, 2.24) is 14.9 Å². The van der Waals surface area contributed by atoms with Crippen LogP contribution in [0, 0.1) is 0 Å². The van der Waals surface area contributed by atoms with Crippen LogP contribution in [0.3, 0.4) is 0 Å². The Kier molecular flexibility index (Phi) is 5.82. The maximum atomic E-state index is 5.98. The summed E-state index contributed by atoms with van der Waals surface area (Å²) in [5.41, 5.74) is -0.142. The number of nitrogens with one attached hydrogen (secondary N) is 1. The van der Waals surface area contributed by atoms with Gasteiger partial charge in [-0.05, 0) is 26.8 Å². The summed E-state index contributed by atoms with van der Waals surface area (Å²) in [6.45, 7) is 10.2. The van der Waals surface area contributed by atoms with Crippen molar-refractivity contribution in [2.24, 2.45) is 7.05 Å². The van der Waals surface area contributed by atoms with Crippen LogP contribution in [0.25, 0.3) is 0 Å². The topological polar surface area (TPSA) is 39.1 Å². The van der Waals surface area contributed by atoms with Crippen LogP contribution >= 0.6 is 0 Å². The first-order chi connectivity index (χ1) is 8.57. The van der Waals surface area contributed by atoms with Crippen molar-refractivity contribution in [2.75, 3.05) is 13.2 Å². The van der Waals surface area contributed by atoms with Crippen LogP contribution in [0.4, 0.5) is 0 Å². The third-order valence-electron chi connectivity index (χ3n) is 3.67. The van der Waals surface area contributed by atoms with Crippen molar-refractivity contribution >= 4 is 0 Å². The number of ether oxygens (including phenoxy) is 1. The molecule has 0 aliphatic heterocycles. The molecule has 1 heterocycles. The van der Waals surface area contributed by atoms with E-state index >= 15 is 0 Å². The highest BCUT2D eigenvalue weighted by atomic mass is 16.5. The molecule has 0 aromatic carbocycles.